The Morgan fingerprint density at radius 3 is 2.53 bits per heavy atom. The maximum absolute atomic E-state index is 12.9. The summed E-state index contributed by atoms with van der Waals surface area (Å²) < 4.78 is 0. The van der Waals surface area contributed by atoms with E-state index in [2.05, 4.69) is 34.2 Å². The van der Waals surface area contributed by atoms with Gasteiger partial charge in [-0.2, -0.15) is 0 Å². The van der Waals surface area contributed by atoms with Crippen LogP contribution in [0.5, 0.6) is 0 Å². The van der Waals surface area contributed by atoms with Crippen LogP contribution in [0.15, 0.2) is 17.5 Å². The summed E-state index contributed by atoms with van der Waals surface area (Å²) in [6, 6.07) is 4.21. The fourth-order valence-electron chi connectivity index (χ4n) is 4.13. The highest BCUT2D eigenvalue weighted by molar-refractivity contribution is 7.10. The summed E-state index contributed by atoms with van der Waals surface area (Å²) >= 11 is 1.74. The lowest BCUT2D eigenvalue weighted by atomic mass is 9.61. The molecule has 5 rings (SSSR count). The molecule has 4 bridgehead atoms. The van der Waals surface area contributed by atoms with Gasteiger partial charge in [0.15, 0.2) is 5.78 Å². The minimum absolute atomic E-state index is 0.140. The number of piperidine rings is 2. The number of Topliss-reactive ketones (excluding diaryl/α,β-unsaturated/α-hetero) is 1. The van der Waals surface area contributed by atoms with Crippen molar-refractivity contribution >= 4 is 17.1 Å². The summed E-state index contributed by atoms with van der Waals surface area (Å²) in [5, 5.41) is 2.09. The van der Waals surface area contributed by atoms with E-state index in [0.29, 0.717) is 5.78 Å². The van der Waals surface area contributed by atoms with Crippen molar-refractivity contribution in [3.05, 3.63) is 22.4 Å². The van der Waals surface area contributed by atoms with Crippen molar-refractivity contribution in [3.8, 4) is 0 Å². The number of carbonyl (C=O) groups excluding carboxylic acids is 1. The first-order chi connectivity index (χ1) is 8.12. The van der Waals surface area contributed by atoms with E-state index >= 15 is 0 Å². The predicted octanol–water partition coefficient (Wildman–Crippen LogP) is 1.16. The molecule has 4 heteroatoms. The lowest BCUT2D eigenvalue weighted by molar-refractivity contribution is -0.167. The summed E-state index contributed by atoms with van der Waals surface area (Å²) in [7, 11) is 0. The SMILES string of the molecule is CC12CN3CN(C1)CC(c1cccs1)(C3)C2=O. The Hall–Kier alpha value is -0.710. The van der Waals surface area contributed by atoms with Gasteiger partial charge in [-0.3, -0.25) is 14.6 Å². The van der Waals surface area contributed by atoms with E-state index in [4.69, 9.17) is 0 Å². The third-order valence-corrected chi connectivity index (χ3v) is 5.58. The Balaban J connectivity index is 1.88. The maximum Gasteiger partial charge on any atom is 0.155 e. The summed E-state index contributed by atoms with van der Waals surface area (Å²) in [5.41, 5.74) is -0.365. The molecule has 4 saturated heterocycles. The Kier molecular flexibility index (Phi) is 1.80. The van der Waals surface area contributed by atoms with Gasteiger partial charge in [0, 0.05) is 31.1 Å². The number of ketones is 1. The molecule has 90 valence electrons. The largest absolute Gasteiger partial charge is 0.298 e. The zero-order chi connectivity index (χ0) is 11.7. The monoisotopic (exact) mass is 248 g/mol. The number of rotatable bonds is 1. The van der Waals surface area contributed by atoms with Gasteiger partial charge in [-0.1, -0.05) is 13.0 Å². The van der Waals surface area contributed by atoms with Crippen molar-refractivity contribution in [1.82, 2.24) is 9.80 Å². The van der Waals surface area contributed by atoms with E-state index in [9.17, 15) is 4.79 Å². The van der Waals surface area contributed by atoms with E-state index in [1.54, 1.807) is 11.3 Å². The Bertz CT molecular complexity index is 468. The molecule has 0 amide bonds. The van der Waals surface area contributed by atoms with Gasteiger partial charge in [0.1, 0.15) is 0 Å². The molecule has 0 radical (unpaired) electrons. The maximum atomic E-state index is 12.9. The normalized spacial score (nSPS) is 47.7. The van der Waals surface area contributed by atoms with Crippen molar-refractivity contribution in [1.29, 1.82) is 0 Å². The van der Waals surface area contributed by atoms with Crippen molar-refractivity contribution in [2.75, 3.05) is 32.8 Å². The lowest BCUT2D eigenvalue weighted by Crippen LogP contribution is -2.76. The molecule has 0 aliphatic carbocycles. The van der Waals surface area contributed by atoms with Crippen LogP contribution < -0.4 is 0 Å². The molecule has 4 aliphatic heterocycles. The fraction of sp³-hybridized carbons (Fsp3) is 0.615. The highest BCUT2D eigenvalue weighted by Gasteiger charge is 2.62. The molecule has 17 heavy (non-hydrogen) atoms. The van der Waals surface area contributed by atoms with Crippen LogP contribution in [-0.2, 0) is 10.2 Å². The molecule has 5 heterocycles. The topological polar surface area (TPSA) is 23.6 Å². The molecule has 2 unspecified atom stereocenters. The quantitative estimate of drug-likeness (QED) is 0.745. The third-order valence-electron chi connectivity index (χ3n) is 4.51. The minimum atomic E-state index is -0.225. The molecule has 0 saturated carbocycles. The van der Waals surface area contributed by atoms with Crippen LogP contribution in [0.2, 0.25) is 0 Å². The van der Waals surface area contributed by atoms with Gasteiger partial charge >= 0.3 is 0 Å². The summed E-state index contributed by atoms with van der Waals surface area (Å²) in [6.07, 6.45) is 0. The van der Waals surface area contributed by atoms with E-state index in [1.807, 2.05) is 0 Å². The zero-order valence-electron chi connectivity index (χ0n) is 9.98. The summed E-state index contributed by atoms with van der Waals surface area (Å²) in [4.78, 5) is 19.0. The van der Waals surface area contributed by atoms with E-state index in [-0.39, 0.29) is 10.8 Å². The van der Waals surface area contributed by atoms with Crippen LogP contribution in [-0.4, -0.2) is 48.4 Å². The predicted molar refractivity (Wildman–Crippen MR) is 67.1 cm³/mol. The highest BCUT2D eigenvalue weighted by Crippen LogP contribution is 2.48. The molecule has 4 fully saturated rings. The Labute approximate surface area is 105 Å². The standard InChI is InChI=1S/C13H16N2OS/c1-12-5-14-7-13(11(12)16,8-15(6-12)9-14)10-3-2-4-17-10/h2-4H,5-9H2,1H3. The first-order valence-corrected chi connectivity index (χ1v) is 7.04. The highest BCUT2D eigenvalue weighted by atomic mass is 32.1. The smallest absolute Gasteiger partial charge is 0.155 e. The van der Waals surface area contributed by atoms with Gasteiger partial charge in [0.25, 0.3) is 0 Å². The number of nitrogens with zero attached hydrogens (tertiary/aromatic N) is 2. The van der Waals surface area contributed by atoms with Crippen molar-refractivity contribution in [2.45, 2.75) is 12.3 Å². The van der Waals surface area contributed by atoms with Crippen molar-refractivity contribution in [2.24, 2.45) is 5.41 Å². The molecule has 2 atom stereocenters. The lowest BCUT2D eigenvalue weighted by Gasteiger charge is -2.61. The van der Waals surface area contributed by atoms with Crippen LogP contribution in [0.3, 0.4) is 0 Å². The molecule has 1 aromatic heterocycles. The second kappa shape index (κ2) is 2.99. The number of hydrogen-bond acceptors (Lipinski definition) is 4. The van der Waals surface area contributed by atoms with E-state index in [1.165, 1.54) is 4.88 Å². The Morgan fingerprint density at radius 2 is 1.94 bits per heavy atom. The van der Waals surface area contributed by atoms with Gasteiger partial charge in [-0.05, 0) is 11.4 Å². The van der Waals surface area contributed by atoms with Gasteiger partial charge in [0.05, 0.1) is 17.5 Å². The van der Waals surface area contributed by atoms with Crippen LogP contribution in [0.25, 0.3) is 0 Å². The number of carbonyl (C=O) groups is 1. The first kappa shape index (κ1) is 10.2. The Morgan fingerprint density at radius 1 is 1.24 bits per heavy atom. The summed E-state index contributed by atoms with van der Waals surface area (Å²) in [5.74, 6) is 0.486. The number of hydrogen-bond donors (Lipinski definition) is 0. The van der Waals surface area contributed by atoms with E-state index in [0.717, 1.165) is 32.8 Å². The molecule has 0 N–H and O–H groups in total. The second-order valence-electron chi connectivity index (χ2n) is 6.06. The molecule has 0 aromatic carbocycles. The van der Waals surface area contributed by atoms with Crippen LogP contribution in [0, 0.1) is 5.41 Å². The van der Waals surface area contributed by atoms with Crippen LogP contribution in [0.4, 0.5) is 0 Å². The van der Waals surface area contributed by atoms with Gasteiger partial charge in [0.2, 0.25) is 0 Å². The third kappa shape index (κ3) is 1.16. The molecular formula is C13H16N2OS. The van der Waals surface area contributed by atoms with Crippen molar-refractivity contribution < 1.29 is 4.79 Å². The van der Waals surface area contributed by atoms with Gasteiger partial charge in [-0.15, -0.1) is 11.3 Å². The first-order valence-electron chi connectivity index (χ1n) is 6.16. The van der Waals surface area contributed by atoms with Crippen LogP contribution in [0.1, 0.15) is 11.8 Å². The average molecular weight is 248 g/mol. The minimum Gasteiger partial charge on any atom is -0.298 e. The van der Waals surface area contributed by atoms with Crippen molar-refractivity contribution in [3.63, 3.8) is 0 Å². The molecule has 4 aliphatic rings. The van der Waals surface area contributed by atoms with Crippen LogP contribution >= 0.6 is 11.3 Å². The molecule has 1 aromatic rings. The van der Waals surface area contributed by atoms with Gasteiger partial charge < -0.3 is 0 Å². The fourth-order valence-corrected chi connectivity index (χ4v) is 5.04. The van der Waals surface area contributed by atoms with E-state index < -0.39 is 0 Å². The van der Waals surface area contributed by atoms with Gasteiger partial charge in [-0.25, -0.2) is 0 Å². The molecule has 3 nitrogen and oxygen atoms in total. The average Bonchev–Trinajstić information content (AvgIpc) is 2.78. The second-order valence-corrected chi connectivity index (χ2v) is 7.01. The summed E-state index contributed by atoms with van der Waals surface area (Å²) in [6.45, 7) is 6.97. The zero-order valence-corrected chi connectivity index (χ0v) is 10.8. The number of thiophene rings is 1. The molecular weight excluding hydrogens is 232 g/mol. The molecule has 0 spiro atoms.